The molecule has 198 valence electrons. The van der Waals surface area contributed by atoms with Crippen LogP contribution in [0.15, 0.2) is 55.0 Å². The third-order valence-corrected chi connectivity index (χ3v) is 5.84. The maximum atomic E-state index is 12.6. The molecule has 0 aliphatic carbocycles. The van der Waals surface area contributed by atoms with Crippen molar-refractivity contribution in [2.24, 2.45) is 5.73 Å². The van der Waals surface area contributed by atoms with E-state index < -0.39 is 17.6 Å². The molecule has 0 atom stereocenters. The van der Waals surface area contributed by atoms with Crippen molar-refractivity contribution in [3.8, 4) is 0 Å². The van der Waals surface area contributed by atoms with Crippen LogP contribution in [-0.4, -0.2) is 46.4 Å². The molecule has 5 N–H and O–H groups in total. The summed E-state index contributed by atoms with van der Waals surface area (Å²) in [5, 5.41) is 11.8. The Morgan fingerprint density at radius 1 is 0.947 bits per heavy atom. The van der Waals surface area contributed by atoms with Gasteiger partial charge in [-0.15, -0.1) is 0 Å². The van der Waals surface area contributed by atoms with E-state index in [9.17, 15) is 22.8 Å². The molecule has 0 saturated carbocycles. The molecule has 3 aromatic heterocycles. The van der Waals surface area contributed by atoms with Gasteiger partial charge in [0, 0.05) is 72.9 Å². The first kappa shape index (κ1) is 26.7. The number of hydrogen-bond donors (Lipinski definition) is 4. The van der Waals surface area contributed by atoms with Crippen molar-refractivity contribution in [3.63, 3.8) is 0 Å². The highest BCUT2D eigenvalue weighted by Gasteiger charge is 2.30. The lowest BCUT2D eigenvalue weighted by molar-refractivity contribution is -0.137. The highest BCUT2D eigenvalue weighted by atomic mass is 19.4. The van der Waals surface area contributed by atoms with Crippen molar-refractivity contribution in [1.29, 1.82) is 0 Å². The van der Waals surface area contributed by atoms with Crippen molar-refractivity contribution in [3.05, 3.63) is 71.8 Å². The van der Waals surface area contributed by atoms with Crippen molar-refractivity contribution in [2.75, 3.05) is 25.0 Å². The molecule has 1 aromatic carbocycles. The smallest absolute Gasteiger partial charge is 0.369 e. The Bertz CT molecular complexity index is 1440. The number of nitrogens with one attached hydrogen (secondary N) is 3. The second kappa shape index (κ2) is 11.8. The summed E-state index contributed by atoms with van der Waals surface area (Å²) in [6.07, 6.45) is 0.669. The number of primary amides is 1. The summed E-state index contributed by atoms with van der Waals surface area (Å²) in [5.41, 5.74) is 6.06. The van der Waals surface area contributed by atoms with E-state index in [0.717, 1.165) is 28.4 Å². The monoisotopic (exact) mass is 525 g/mol. The molecule has 0 spiro atoms. The third-order valence-electron chi connectivity index (χ3n) is 5.84. The van der Waals surface area contributed by atoms with E-state index in [-0.39, 0.29) is 18.9 Å². The number of aromatic nitrogens is 3. The second-order valence-electron chi connectivity index (χ2n) is 8.57. The van der Waals surface area contributed by atoms with Gasteiger partial charge in [-0.05, 0) is 36.8 Å². The van der Waals surface area contributed by atoms with Gasteiger partial charge in [-0.3, -0.25) is 19.6 Å². The summed E-state index contributed by atoms with van der Waals surface area (Å²) < 4.78 is 37.8. The van der Waals surface area contributed by atoms with Gasteiger partial charge in [0.05, 0.1) is 16.8 Å². The molecular weight excluding hydrogens is 499 g/mol. The van der Waals surface area contributed by atoms with Crippen LogP contribution in [0.4, 0.5) is 19.0 Å². The number of amides is 2. The largest absolute Gasteiger partial charge is 0.417 e. The molecule has 12 heteroatoms. The number of carbonyl (C=O) groups excluding carboxylic acids is 2. The molecule has 3 heterocycles. The summed E-state index contributed by atoms with van der Waals surface area (Å²) in [6, 6.07) is 9.27. The average molecular weight is 526 g/mol. The molecule has 0 aliphatic rings. The molecule has 0 radical (unpaired) electrons. The zero-order valence-electron chi connectivity index (χ0n) is 20.3. The number of hydrogen-bond acceptors (Lipinski definition) is 7. The highest BCUT2D eigenvalue weighted by Crippen LogP contribution is 2.29. The topological polar surface area (TPSA) is 135 Å². The van der Waals surface area contributed by atoms with Gasteiger partial charge in [0.25, 0.3) is 0 Å². The Morgan fingerprint density at radius 3 is 2.53 bits per heavy atom. The van der Waals surface area contributed by atoms with E-state index >= 15 is 0 Å². The zero-order chi connectivity index (χ0) is 27.1. The number of benzene rings is 1. The SMILES string of the molecule is NC(=O)c1ccc2c(c1)nc(NCCCNC(=O)CCNCc1ccc(C(F)(F)F)cn1)c1ccncc12. The first-order chi connectivity index (χ1) is 18.2. The molecule has 2 amide bonds. The number of halogens is 3. The van der Waals surface area contributed by atoms with Crippen LogP contribution in [0.5, 0.6) is 0 Å². The quantitative estimate of drug-likeness (QED) is 0.174. The van der Waals surface area contributed by atoms with Gasteiger partial charge in [-0.1, -0.05) is 6.07 Å². The molecule has 0 unspecified atom stereocenters. The Morgan fingerprint density at radius 2 is 1.79 bits per heavy atom. The number of anilines is 1. The molecule has 0 saturated heterocycles. The summed E-state index contributed by atoms with van der Waals surface area (Å²) in [5.74, 6) is -0.0298. The number of alkyl halides is 3. The third kappa shape index (κ3) is 6.71. The number of pyridine rings is 3. The maximum Gasteiger partial charge on any atom is 0.417 e. The predicted octanol–water partition coefficient (Wildman–Crippen LogP) is 3.39. The van der Waals surface area contributed by atoms with Gasteiger partial charge in [0.1, 0.15) is 5.82 Å². The molecule has 0 bridgehead atoms. The van der Waals surface area contributed by atoms with Crippen LogP contribution in [-0.2, 0) is 17.5 Å². The van der Waals surface area contributed by atoms with Crippen molar-refractivity contribution in [2.45, 2.75) is 25.6 Å². The van der Waals surface area contributed by atoms with Gasteiger partial charge in [0.2, 0.25) is 11.8 Å². The molecule has 38 heavy (non-hydrogen) atoms. The van der Waals surface area contributed by atoms with Crippen LogP contribution >= 0.6 is 0 Å². The number of fused-ring (bicyclic) bond motifs is 3. The Hall–Kier alpha value is -4.32. The van der Waals surface area contributed by atoms with E-state index in [1.165, 1.54) is 6.07 Å². The van der Waals surface area contributed by atoms with E-state index in [2.05, 4.69) is 30.9 Å². The fourth-order valence-corrected chi connectivity index (χ4v) is 3.86. The summed E-state index contributed by atoms with van der Waals surface area (Å²) in [4.78, 5) is 36.3. The van der Waals surface area contributed by atoms with Crippen LogP contribution in [0.3, 0.4) is 0 Å². The Kier molecular flexibility index (Phi) is 8.31. The number of nitrogens with two attached hydrogens (primary N) is 1. The van der Waals surface area contributed by atoms with Crippen LogP contribution in [0.1, 0.15) is 34.5 Å². The van der Waals surface area contributed by atoms with Crippen LogP contribution < -0.4 is 21.7 Å². The van der Waals surface area contributed by atoms with E-state index in [1.807, 2.05) is 6.07 Å². The molecular formula is C26H26F3N7O2. The minimum Gasteiger partial charge on any atom is -0.369 e. The predicted molar refractivity (Wildman–Crippen MR) is 137 cm³/mol. The maximum absolute atomic E-state index is 12.6. The summed E-state index contributed by atoms with van der Waals surface area (Å²) in [7, 11) is 0. The lowest BCUT2D eigenvalue weighted by Gasteiger charge is -2.12. The first-order valence-corrected chi connectivity index (χ1v) is 11.9. The van der Waals surface area contributed by atoms with Gasteiger partial charge in [-0.2, -0.15) is 13.2 Å². The van der Waals surface area contributed by atoms with E-state index in [4.69, 9.17) is 5.73 Å². The minimum atomic E-state index is -4.42. The normalized spacial score (nSPS) is 11.6. The van der Waals surface area contributed by atoms with E-state index in [0.29, 0.717) is 48.6 Å². The Balaban J connectivity index is 1.21. The molecule has 9 nitrogen and oxygen atoms in total. The van der Waals surface area contributed by atoms with Crippen molar-refractivity contribution >= 4 is 39.3 Å². The Labute approximate surface area is 216 Å². The first-order valence-electron chi connectivity index (χ1n) is 11.9. The fraction of sp³-hybridized carbons (Fsp3) is 0.269. The fourth-order valence-electron chi connectivity index (χ4n) is 3.86. The number of rotatable bonds is 11. The molecule has 4 aromatic rings. The standard InChI is InChI=1S/C26H26F3N7O2/c27-26(28,29)17-3-4-18(35-13-17)14-31-11-7-23(37)33-8-1-9-34-25-20-6-10-32-15-21(20)19-5-2-16(24(30)38)12-22(19)36-25/h2-6,10,12-13,15,31H,1,7-9,11,14H2,(H2,30,38)(H,33,37)(H,34,36). The summed E-state index contributed by atoms with van der Waals surface area (Å²) in [6.45, 7) is 1.62. The van der Waals surface area contributed by atoms with Gasteiger partial charge in [-0.25, -0.2) is 4.98 Å². The van der Waals surface area contributed by atoms with Gasteiger partial charge < -0.3 is 21.7 Å². The van der Waals surface area contributed by atoms with Gasteiger partial charge >= 0.3 is 6.18 Å². The van der Waals surface area contributed by atoms with Crippen LogP contribution in [0.25, 0.3) is 21.7 Å². The average Bonchev–Trinajstić information content (AvgIpc) is 2.90. The molecule has 0 aliphatic heterocycles. The minimum absolute atomic E-state index is 0.141. The number of nitrogens with zero attached hydrogens (tertiary/aromatic N) is 3. The lowest BCUT2D eigenvalue weighted by atomic mass is 10.1. The number of carbonyl (C=O) groups is 2. The molecule has 0 fully saturated rings. The van der Waals surface area contributed by atoms with E-state index in [1.54, 1.807) is 30.6 Å². The summed E-state index contributed by atoms with van der Waals surface area (Å²) >= 11 is 0. The zero-order valence-corrected chi connectivity index (χ0v) is 20.3. The molecule has 4 rings (SSSR count). The van der Waals surface area contributed by atoms with Crippen molar-refractivity contribution in [1.82, 2.24) is 25.6 Å². The van der Waals surface area contributed by atoms with Crippen molar-refractivity contribution < 1.29 is 22.8 Å². The van der Waals surface area contributed by atoms with Crippen LogP contribution in [0, 0.1) is 0 Å². The van der Waals surface area contributed by atoms with Gasteiger partial charge in [0.15, 0.2) is 0 Å². The lowest BCUT2D eigenvalue weighted by Crippen LogP contribution is -2.29. The second-order valence-corrected chi connectivity index (χ2v) is 8.57. The van der Waals surface area contributed by atoms with Crippen LogP contribution in [0.2, 0.25) is 0 Å². The highest BCUT2D eigenvalue weighted by molar-refractivity contribution is 6.11.